The Bertz CT molecular complexity index is 771. The standard InChI is InChI=1S/C17H20FNO3S/c1-17(2,12-13-6-4-5-7-16(13)22-3)19-23(20,21)15-10-8-14(18)9-11-15/h4-11,19H,12H2,1-3H3. The molecule has 0 aliphatic heterocycles. The van der Waals surface area contributed by atoms with Gasteiger partial charge in [-0.1, -0.05) is 18.2 Å². The number of benzene rings is 2. The van der Waals surface area contributed by atoms with E-state index in [-0.39, 0.29) is 4.90 Å². The lowest BCUT2D eigenvalue weighted by Gasteiger charge is -2.27. The van der Waals surface area contributed by atoms with Crippen LogP contribution in [0.25, 0.3) is 0 Å². The summed E-state index contributed by atoms with van der Waals surface area (Å²) >= 11 is 0. The van der Waals surface area contributed by atoms with Crippen molar-refractivity contribution >= 4 is 10.0 Å². The zero-order valence-corrected chi connectivity index (χ0v) is 14.2. The van der Waals surface area contributed by atoms with Crippen molar-refractivity contribution in [3.05, 3.63) is 59.9 Å². The van der Waals surface area contributed by atoms with Crippen LogP contribution in [0.3, 0.4) is 0 Å². The van der Waals surface area contributed by atoms with Gasteiger partial charge in [-0.25, -0.2) is 17.5 Å². The third kappa shape index (κ3) is 4.53. The van der Waals surface area contributed by atoms with E-state index in [1.165, 1.54) is 12.1 Å². The lowest BCUT2D eigenvalue weighted by atomic mass is 9.96. The Kier molecular flexibility index (Phi) is 5.06. The predicted octanol–water partition coefficient (Wildman–Crippen LogP) is 3.13. The number of hydrogen-bond donors (Lipinski definition) is 1. The van der Waals surface area contributed by atoms with Gasteiger partial charge in [0.2, 0.25) is 10.0 Å². The van der Waals surface area contributed by atoms with Gasteiger partial charge in [0.15, 0.2) is 0 Å². The molecule has 2 aromatic carbocycles. The summed E-state index contributed by atoms with van der Waals surface area (Å²) in [7, 11) is -2.15. The second-order valence-electron chi connectivity index (χ2n) is 5.93. The van der Waals surface area contributed by atoms with Gasteiger partial charge in [0.25, 0.3) is 0 Å². The van der Waals surface area contributed by atoms with E-state index in [1.807, 2.05) is 24.3 Å². The largest absolute Gasteiger partial charge is 0.496 e. The molecule has 0 radical (unpaired) electrons. The summed E-state index contributed by atoms with van der Waals surface area (Å²) in [5.41, 5.74) is 0.170. The Labute approximate surface area is 136 Å². The van der Waals surface area contributed by atoms with E-state index >= 15 is 0 Å². The molecule has 0 amide bonds. The molecule has 0 bridgehead atoms. The molecule has 0 aliphatic carbocycles. The van der Waals surface area contributed by atoms with Crippen LogP contribution < -0.4 is 9.46 Å². The Morgan fingerprint density at radius 3 is 2.30 bits per heavy atom. The lowest BCUT2D eigenvalue weighted by Crippen LogP contribution is -2.45. The van der Waals surface area contributed by atoms with Gasteiger partial charge in [-0.15, -0.1) is 0 Å². The molecular formula is C17H20FNO3S. The van der Waals surface area contributed by atoms with Gasteiger partial charge in [-0.2, -0.15) is 0 Å². The van der Waals surface area contributed by atoms with E-state index in [4.69, 9.17) is 4.74 Å². The maximum Gasteiger partial charge on any atom is 0.241 e. The van der Waals surface area contributed by atoms with Crippen molar-refractivity contribution in [3.63, 3.8) is 0 Å². The number of para-hydroxylation sites is 1. The van der Waals surface area contributed by atoms with Crippen LogP contribution in [0.4, 0.5) is 4.39 Å². The molecule has 0 heterocycles. The molecule has 1 N–H and O–H groups in total. The first kappa shape index (κ1) is 17.4. The fraction of sp³-hybridized carbons (Fsp3) is 0.294. The zero-order chi connectivity index (χ0) is 17.1. The maximum absolute atomic E-state index is 13.0. The van der Waals surface area contributed by atoms with Gasteiger partial charge in [0.05, 0.1) is 12.0 Å². The summed E-state index contributed by atoms with van der Waals surface area (Å²) in [6.07, 6.45) is 0.456. The smallest absolute Gasteiger partial charge is 0.241 e. The molecule has 4 nitrogen and oxygen atoms in total. The van der Waals surface area contributed by atoms with E-state index in [0.717, 1.165) is 17.7 Å². The second-order valence-corrected chi connectivity index (χ2v) is 7.61. The molecule has 0 unspecified atom stereocenters. The Morgan fingerprint density at radius 1 is 1.09 bits per heavy atom. The molecule has 0 saturated heterocycles. The van der Waals surface area contributed by atoms with Crippen molar-refractivity contribution in [2.75, 3.05) is 7.11 Å². The first-order valence-corrected chi connectivity index (χ1v) is 8.63. The van der Waals surface area contributed by atoms with Crippen molar-refractivity contribution in [2.45, 2.75) is 30.7 Å². The van der Waals surface area contributed by atoms with Gasteiger partial charge < -0.3 is 4.74 Å². The van der Waals surface area contributed by atoms with Crippen LogP contribution in [0.15, 0.2) is 53.4 Å². The molecule has 0 aromatic heterocycles. The summed E-state index contributed by atoms with van der Waals surface area (Å²) in [5, 5.41) is 0. The molecule has 0 saturated carbocycles. The van der Waals surface area contributed by atoms with Crippen molar-refractivity contribution < 1.29 is 17.5 Å². The molecule has 0 fully saturated rings. The number of ether oxygens (including phenoxy) is 1. The number of halogens is 1. The highest BCUT2D eigenvalue weighted by Gasteiger charge is 2.27. The molecule has 0 spiro atoms. The van der Waals surface area contributed by atoms with Crippen LogP contribution >= 0.6 is 0 Å². The topological polar surface area (TPSA) is 55.4 Å². The molecule has 124 valence electrons. The fourth-order valence-corrected chi connectivity index (χ4v) is 3.81. The molecule has 0 atom stereocenters. The van der Waals surface area contributed by atoms with Crippen LogP contribution in [-0.2, 0) is 16.4 Å². The molecule has 23 heavy (non-hydrogen) atoms. The van der Waals surface area contributed by atoms with Crippen LogP contribution in [0.1, 0.15) is 19.4 Å². The van der Waals surface area contributed by atoms with Gasteiger partial charge >= 0.3 is 0 Å². The average molecular weight is 337 g/mol. The highest BCUT2D eigenvalue weighted by atomic mass is 32.2. The average Bonchev–Trinajstić information content (AvgIpc) is 2.46. The molecule has 2 aromatic rings. The number of rotatable bonds is 6. The van der Waals surface area contributed by atoms with Crippen LogP contribution in [0.2, 0.25) is 0 Å². The summed E-state index contributed by atoms with van der Waals surface area (Å²) in [4.78, 5) is 0.0343. The third-order valence-corrected chi connectivity index (χ3v) is 5.07. The van der Waals surface area contributed by atoms with Crippen LogP contribution in [0, 0.1) is 5.82 Å². The van der Waals surface area contributed by atoms with Crippen LogP contribution in [-0.4, -0.2) is 21.1 Å². The van der Waals surface area contributed by atoms with Crippen molar-refractivity contribution in [3.8, 4) is 5.75 Å². The van der Waals surface area contributed by atoms with Gasteiger partial charge in [-0.05, 0) is 56.2 Å². The van der Waals surface area contributed by atoms with E-state index in [2.05, 4.69) is 4.72 Å². The highest BCUT2D eigenvalue weighted by Crippen LogP contribution is 2.24. The van der Waals surface area contributed by atoms with Crippen molar-refractivity contribution in [1.82, 2.24) is 4.72 Å². The minimum Gasteiger partial charge on any atom is -0.496 e. The Morgan fingerprint density at radius 2 is 1.70 bits per heavy atom. The first-order chi connectivity index (χ1) is 10.7. The monoisotopic (exact) mass is 337 g/mol. The predicted molar refractivity (Wildman–Crippen MR) is 87.5 cm³/mol. The number of sulfonamides is 1. The van der Waals surface area contributed by atoms with Gasteiger partial charge in [0.1, 0.15) is 11.6 Å². The number of hydrogen-bond acceptors (Lipinski definition) is 3. The third-order valence-electron chi connectivity index (χ3n) is 3.36. The minimum atomic E-state index is -3.73. The summed E-state index contributed by atoms with van der Waals surface area (Å²) in [6.45, 7) is 3.58. The summed E-state index contributed by atoms with van der Waals surface area (Å²) in [5.74, 6) is 0.235. The lowest BCUT2D eigenvalue weighted by molar-refractivity contribution is 0.395. The quantitative estimate of drug-likeness (QED) is 0.881. The minimum absolute atomic E-state index is 0.0343. The zero-order valence-electron chi connectivity index (χ0n) is 13.3. The molecule has 2 rings (SSSR count). The molecule has 0 aliphatic rings. The van der Waals surface area contributed by atoms with Crippen molar-refractivity contribution in [2.24, 2.45) is 0 Å². The normalized spacial score (nSPS) is 12.2. The first-order valence-electron chi connectivity index (χ1n) is 7.15. The van der Waals surface area contributed by atoms with Gasteiger partial charge in [-0.3, -0.25) is 0 Å². The second kappa shape index (κ2) is 6.68. The Balaban J connectivity index is 2.21. The number of methoxy groups -OCH3 is 1. The highest BCUT2D eigenvalue weighted by molar-refractivity contribution is 7.89. The number of nitrogens with one attached hydrogen (secondary N) is 1. The van der Waals surface area contributed by atoms with Crippen molar-refractivity contribution in [1.29, 1.82) is 0 Å². The summed E-state index contributed by atoms with van der Waals surface area (Å²) in [6, 6.07) is 12.2. The van der Waals surface area contributed by atoms with E-state index in [1.54, 1.807) is 21.0 Å². The summed E-state index contributed by atoms with van der Waals surface area (Å²) < 4.78 is 45.8. The molecule has 6 heteroatoms. The van der Waals surface area contributed by atoms with Gasteiger partial charge in [0, 0.05) is 5.54 Å². The Hall–Kier alpha value is -1.92. The SMILES string of the molecule is COc1ccccc1CC(C)(C)NS(=O)(=O)c1ccc(F)cc1. The van der Waals surface area contributed by atoms with E-state index < -0.39 is 21.4 Å². The van der Waals surface area contributed by atoms with E-state index in [0.29, 0.717) is 12.2 Å². The van der Waals surface area contributed by atoms with E-state index in [9.17, 15) is 12.8 Å². The van der Waals surface area contributed by atoms with Crippen LogP contribution in [0.5, 0.6) is 5.75 Å². The molecular weight excluding hydrogens is 317 g/mol. The fourth-order valence-electron chi connectivity index (χ4n) is 2.40. The maximum atomic E-state index is 13.0.